The van der Waals surface area contributed by atoms with E-state index >= 15 is 0 Å². The van der Waals surface area contributed by atoms with Gasteiger partial charge in [0.15, 0.2) is 0 Å². The molecule has 34 heavy (non-hydrogen) atoms. The fraction of sp³-hybridized carbons (Fsp3) is 0.750. The van der Waals surface area contributed by atoms with Crippen molar-refractivity contribution in [2.45, 2.75) is 116 Å². The molecule has 3 unspecified atom stereocenters. The molecule has 0 saturated carbocycles. The van der Waals surface area contributed by atoms with Gasteiger partial charge in [-0.25, -0.2) is 0 Å². The van der Waals surface area contributed by atoms with Crippen LogP contribution in [0.2, 0.25) is 0 Å². The number of hydrogen-bond acceptors (Lipinski definition) is 1. The zero-order valence-electron chi connectivity index (χ0n) is 22.3. The van der Waals surface area contributed by atoms with Crippen LogP contribution in [0.3, 0.4) is 0 Å². The first kappa shape index (κ1) is 32.6. The number of aldehydes is 1. The molecule has 2 heteroatoms. The Hall–Kier alpha value is -1.37. The van der Waals surface area contributed by atoms with Crippen LogP contribution >= 0.6 is 0 Å². The standard InChI is InChI=1S/C15H24O.C14H22.CO.2CH4.H2/c1-10-14(2,3)12-8-6-7-11(9-16)13(12)15(10,4)5;1-10-13(2,3)11-8-6-7-9-12(11)14(10,4)5;1-2;;;/h9-11H,6-8H2,1-5H3;6,8,10H,7,9H2,1-5H3;;2*1H4;1H. The Morgan fingerprint density at radius 3 is 1.85 bits per heavy atom. The molecule has 4 aliphatic rings. The minimum atomic E-state index is 0. The molecule has 196 valence electrons. The summed E-state index contributed by atoms with van der Waals surface area (Å²) in [4.78, 5) is 11.3. The van der Waals surface area contributed by atoms with Gasteiger partial charge in [-0.05, 0) is 71.2 Å². The van der Waals surface area contributed by atoms with Crippen LogP contribution in [0.25, 0.3) is 0 Å². The van der Waals surface area contributed by atoms with E-state index in [9.17, 15) is 4.79 Å². The number of rotatable bonds is 1. The molecule has 0 heterocycles. The van der Waals surface area contributed by atoms with Crippen molar-refractivity contribution >= 4 is 6.29 Å². The molecule has 4 rings (SSSR count). The van der Waals surface area contributed by atoms with E-state index in [2.05, 4.69) is 88.0 Å². The van der Waals surface area contributed by atoms with Gasteiger partial charge in [0.1, 0.15) is 6.29 Å². The van der Waals surface area contributed by atoms with E-state index < -0.39 is 0 Å². The van der Waals surface area contributed by atoms with E-state index in [1.54, 1.807) is 16.7 Å². The van der Waals surface area contributed by atoms with Crippen LogP contribution in [0.4, 0.5) is 0 Å². The van der Waals surface area contributed by atoms with Gasteiger partial charge in [0.05, 0.1) is 0 Å². The fourth-order valence-electron chi connectivity index (χ4n) is 7.40. The number of allylic oxidation sites excluding steroid dienone is 6. The smallest absolute Gasteiger partial charge is 0 e. The van der Waals surface area contributed by atoms with Crippen LogP contribution in [-0.2, 0) is 9.45 Å². The molecule has 0 amide bonds. The molecule has 0 bridgehead atoms. The Labute approximate surface area is 214 Å². The van der Waals surface area contributed by atoms with Crippen LogP contribution in [0.5, 0.6) is 0 Å². The zero-order chi connectivity index (χ0) is 24.7. The van der Waals surface area contributed by atoms with Gasteiger partial charge in [-0.1, -0.05) is 113 Å². The average molecular weight is 473 g/mol. The van der Waals surface area contributed by atoms with Gasteiger partial charge in [-0.15, -0.1) is 0 Å². The van der Waals surface area contributed by atoms with Gasteiger partial charge < -0.3 is 4.79 Å². The maximum absolute atomic E-state index is 11.3. The molecule has 0 fully saturated rings. The normalized spacial score (nSPS) is 30.8. The van der Waals surface area contributed by atoms with Crippen LogP contribution in [0.1, 0.15) is 118 Å². The molecule has 0 aromatic carbocycles. The van der Waals surface area contributed by atoms with E-state index in [4.69, 9.17) is 4.65 Å². The minimum absolute atomic E-state index is 0. The molecule has 0 N–H and O–H groups in total. The molecule has 4 aliphatic carbocycles. The van der Waals surface area contributed by atoms with Gasteiger partial charge in [0.25, 0.3) is 0 Å². The number of hydrogen-bond donors (Lipinski definition) is 0. The quantitative estimate of drug-likeness (QED) is 0.162. The predicted octanol–water partition coefficient (Wildman–Crippen LogP) is 9.80. The van der Waals surface area contributed by atoms with E-state index in [0.29, 0.717) is 16.7 Å². The van der Waals surface area contributed by atoms with Crippen LogP contribution in [-0.4, -0.2) is 6.29 Å². The largest absolute Gasteiger partial charge is 0 e. The van der Waals surface area contributed by atoms with E-state index in [1.807, 2.05) is 0 Å². The molecule has 0 aromatic rings. The first-order valence-electron chi connectivity index (χ1n) is 12.5. The SMILES string of the molecule is C.C.CC1C(C)(C)C2=C(C(C=O)CCC2)C1(C)C.CC1C(C)(C)C2=C(CCC=C2)C1(C)C.[C-]#[O+].[HH]. The van der Waals surface area contributed by atoms with Gasteiger partial charge in [-0.2, -0.15) is 0 Å². The van der Waals surface area contributed by atoms with Crippen LogP contribution in [0.15, 0.2) is 34.4 Å². The van der Waals surface area contributed by atoms with Crippen LogP contribution < -0.4 is 0 Å². The van der Waals surface area contributed by atoms with Crippen molar-refractivity contribution in [3.63, 3.8) is 0 Å². The average Bonchev–Trinajstić information content (AvgIpc) is 3.00. The molecule has 2 nitrogen and oxygen atoms in total. The minimum Gasteiger partial charge on any atom is 0 e. The summed E-state index contributed by atoms with van der Waals surface area (Å²) < 4.78 is 7.50. The Kier molecular flexibility index (Phi) is 10.7. The molecule has 0 saturated heterocycles. The molecule has 0 radical (unpaired) electrons. The van der Waals surface area contributed by atoms with Gasteiger partial charge in [0.2, 0.25) is 0 Å². The summed E-state index contributed by atoms with van der Waals surface area (Å²) in [6.45, 7) is 28.2. The summed E-state index contributed by atoms with van der Waals surface area (Å²) >= 11 is 0. The van der Waals surface area contributed by atoms with Gasteiger partial charge in [0, 0.05) is 7.34 Å². The first-order valence-corrected chi connectivity index (χ1v) is 12.5. The first-order chi connectivity index (χ1) is 14.7. The molecular weight excluding hydrogens is 416 g/mol. The molecular formula is C32H56O2. The second-order valence-corrected chi connectivity index (χ2v) is 12.7. The molecule has 0 spiro atoms. The fourth-order valence-corrected chi connectivity index (χ4v) is 7.40. The monoisotopic (exact) mass is 472 g/mol. The second kappa shape index (κ2) is 11.1. The maximum Gasteiger partial charge on any atom is 0 e. The molecule has 0 aliphatic heterocycles. The summed E-state index contributed by atoms with van der Waals surface area (Å²) in [5.74, 6) is 1.58. The van der Waals surface area contributed by atoms with Crippen LogP contribution in [0, 0.1) is 46.1 Å². The number of carbonyl (C=O) groups is 1. The summed E-state index contributed by atoms with van der Waals surface area (Å²) in [6.07, 6.45) is 11.9. The van der Waals surface area contributed by atoms with E-state index in [1.165, 1.54) is 37.5 Å². The Morgan fingerprint density at radius 2 is 1.35 bits per heavy atom. The maximum atomic E-state index is 11.3. The van der Waals surface area contributed by atoms with Crippen molar-refractivity contribution in [3.8, 4) is 0 Å². The van der Waals surface area contributed by atoms with E-state index in [0.717, 1.165) is 12.3 Å². The van der Waals surface area contributed by atoms with Crippen molar-refractivity contribution in [2.75, 3.05) is 0 Å². The van der Waals surface area contributed by atoms with Crippen molar-refractivity contribution < 1.29 is 10.9 Å². The zero-order valence-corrected chi connectivity index (χ0v) is 22.3. The molecule has 3 atom stereocenters. The van der Waals surface area contributed by atoms with Gasteiger partial charge in [-0.3, -0.25) is 0 Å². The third kappa shape index (κ3) is 4.96. The summed E-state index contributed by atoms with van der Waals surface area (Å²) in [6, 6.07) is 0. The van der Waals surface area contributed by atoms with Crippen molar-refractivity contribution in [1.29, 1.82) is 0 Å². The predicted molar refractivity (Wildman–Crippen MR) is 149 cm³/mol. The third-order valence-electron chi connectivity index (χ3n) is 10.2. The Balaban J connectivity index is 0. The topological polar surface area (TPSA) is 37.0 Å². The van der Waals surface area contributed by atoms with Gasteiger partial charge >= 0.3 is 11.3 Å². The number of carbonyl (C=O) groups excluding carboxylic acids is 1. The summed E-state index contributed by atoms with van der Waals surface area (Å²) in [7, 11) is 0. The Morgan fingerprint density at radius 1 is 0.853 bits per heavy atom. The third-order valence-corrected chi connectivity index (χ3v) is 10.2. The van der Waals surface area contributed by atoms with E-state index in [-0.39, 0.29) is 33.0 Å². The summed E-state index contributed by atoms with van der Waals surface area (Å²) in [5.41, 5.74) is 7.67. The molecule has 0 aromatic heterocycles. The summed E-state index contributed by atoms with van der Waals surface area (Å²) in [5, 5.41) is 0. The Bertz CT molecular complexity index is 848. The van der Waals surface area contributed by atoms with Crippen molar-refractivity contribution in [3.05, 3.63) is 41.1 Å². The van der Waals surface area contributed by atoms with Crippen molar-refractivity contribution in [1.82, 2.24) is 0 Å². The second-order valence-electron chi connectivity index (χ2n) is 12.7. The van der Waals surface area contributed by atoms with Crippen molar-refractivity contribution in [2.24, 2.45) is 39.4 Å².